The first-order valence-corrected chi connectivity index (χ1v) is 6.98. The summed E-state index contributed by atoms with van der Waals surface area (Å²) in [6, 6.07) is 0. The first-order valence-electron chi connectivity index (χ1n) is 6.98. The van der Waals surface area contributed by atoms with E-state index in [2.05, 4.69) is 5.32 Å². The lowest BCUT2D eigenvalue weighted by Crippen LogP contribution is -2.35. The zero-order valence-corrected chi connectivity index (χ0v) is 11.1. The fourth-order valence-corrected chi connectivity index (χ4v) is 2.14. The average Bonchev–Trinajstić information content (AvgIpc) is 2.65. The molecule has 1 rings (SSSR count). The molecule has 0 atom stereocenters. The van der Waals surface area contributed by atoms with Gasteiger partial charge in [-0.2, -0.15) is 0 Å². The predicted molar refractivity (Wildman–Crippen MR) is 71.0 cm³/mol. The van der Waals surface area contributed by atoms with Crippen LogP contribution < -0.4 is 11.1 Å². The summed E-state index contributed by atoms with van der Waals surface area (Å²) < 4.78 is 0. The van der Waals surface area contributed by atoms with E-state index in [0.29, 0.717) is 32.4 Å². The van der Waals surface area contributed by atoms with Crippen molar-refractivity contribution in [1.29, 1.82) is 0 Å². The molecule has 0 saturated carbocycles. The van der Waals surface area contributed by atoms with Crippen molar-refractivity contribution in [3.63, 3.8) is 0 Å². The number of nitrogens with zero attached hydrogens (tertiary/aromatic N) is 1. The molecule has 5 heteroatoms. The van der Waals surface area contributed by atoms with Crippen LogP contribution in [0.3, 0.4) is 0 Å². The number of rotatable bonds is 6. The van der Waals surface area contributed by atoms with Gasteiger partial charge in [-0.1, -0.05) is 12.8 Å². The van der Waals surface area contributed by atoms with Crippen LogP contribution in [-0.2, 0) is 9.59 Å². The number of likely N-dealkylation sites (tertiary alicyclic amines) is 1. The maximum atomic E-state index is 11.9. The van der Waals surface area contributed by atoms with Gasteiger partial charge in [-0.05, 0) is 25.8 Å². The van der Waals surface area contributed by atoms with E-state index in [1.165, 1.54) is 12.8 Å². The van der Waals surface area contributed by atoms with Gasteiger partial charge in [-0.25, -0.2) is 0 Å². The first-order chi connectivity index (χ1) is 8.74. The molecule has 104 valence electrons. The van der Waals surface area contributed by atoms with Gasteiger partial charge in [0.05, 0.1) is 0 Å². The molecule has 0 radical (unpaired) electrons. The number of nitrogens with one attached hydrogen (secondary N) is 1. The van der Waals surface area contributed by atoms with Crippen LogP contribution in [0.4, 0.5) is 0 Å². The van der Waals surface area contributed by atoms with Gasteiger partial charge in [0, 0.05) is 32.5 Å². The molecule has 1 aliphatic heterocycles. The highest BCUT2D eigenvalue weighted by atomic mass is 16.2. The molecule has 0 aromatic rings. The molecule has 2 amide bonds. The molecule has 0 bridgehead atoms. The molecule has 1 saturated heterocycles. The monoisotopic (exact) mass is 255 g/mol. The lowest BCUT2D eigenvalue weighted by atomic mass is 10.2. The lowest BCUT2D eigenvalue weighted by molar-refractivity contribution is -0.131. The zero-order valence-electron chi connectivity index (χ0n) is 11.1. The topological polar surface area (TPSA) is 75.4 Å². The van der Waals surface area contributed by atoms with Crippen LogP contribution in [0.25, 0.3) is 0 Å². The maximum absolute atomic E-state index is 11.9. The van der Waals surface area contributed by atoms with E-state index >= 15 is 0 Å². The number of amides is 2. The van der Waals surface area contributed by atoms with E-state index < -0.39 is 0 Å². The van der Waals surface area contributed by atoms with E-state index in [0.717, 1.165) is 25.9 Å². The Morgan fingerprint density at radius 2 is 1.72 bits per heavy atom. The standard InChI is InChI=1S/C13H25N3O2/c14-8-5-6-12(17)15-9-7-13(18)16-10-3-1-2-4-11-16/h1-11,14H2,(H,15,17). The summed E-state index contributed by atoms with van der Waals surface area (Å²) in [5, 5.41) is 2.76. The van der Waals surface area contributed by atoms with Gasteiger partial charge in [0.1, 0.15) is 0 Å². The van der Waals surface area contributed by atoms with E-state index in [4.69, 9.17) is 5.73 Å². The Balaban J connectivity index is 2.13. The van der Waals surface area contributed by atoms with Crippen LogP contribution in [0, 0.1) is 0 Å². The number of nitrogens with two attached hydrogens (primary N) is 1. The normalized spacial score (nSPS) is 16.2. The zero-order chi connectivity index (χ0) is 13.2. The summed E-state index contributed by atoms with van der Waals surface area (Å²) in [4.78, 5) is 25.2. The third-order valence-electron chi connectivity index (χ3n) is 3.23. The van der Waals surface area contributed by atoms with Gasteiger partial charge < -0.3 is 16.0 Å². The Bertz CT molecular complexity index is 261. The Hall–Kier alpha value is -1.10. The minimum atomic E-state index is -0.0101. The smallest absolute Gasteiger partial charge is 0.224 e. The van der Waals surface area contributed by atoms with E-state index in [1.54, 1.807) is 0 Å². The maximum Gasteiger partial charge on any atom is 0.224 e. The second-order valence-corrected chi connectivity index (χ2v) is 4.79. The van der Waals surface area contributed by atoms with Crippen molar-refractivity contribution < 1.29 is 9.59 Å². The fraction of sp³-hybridized carbons (Fsp3) is 0.846. The minimum absolute atomic E-state index is 0.0101. The summed E-state index contributed by atoms with van der Waals surface area (Å²) in [6.07, 6.45) is 6.22. The largest absolute Gasteiger partial charge is 0.356 e. The Labute approximate surface area is 109 Å². The van der Waals surface area contributed by atoms with Crippen LogP contribution in [0.1, 0.15) is 44.9 Å². The minimum Gasteiger partial charge on any atom is -0.356 e. The highest BCUT2D eigenvalue weighted by Crippen LogP contribution is 2.10. The molecule has 0 aromatic heterocycles. The van der Waals surface area contributed by atoms with Crippen molar-refractivity contribution in [2.75, 3.05) is 26.2 Å². The molecule has 3 N–H and O–H groups in total. The van der Waals surface area contributed by atoms with Crippen LogP contribution in [-0.4, -0.2) is 42.9 Å². The Morgan fingerprint density at radius 1 is 1.06 bits per heavy atom. The van der Waals surface area contributed by atoms with Gasteiger partial charge in [0.25, 0.3) is 0 Å². The first kappa shape index (κ1) is 15.0. The van der Waals surface area contributed by atoms with Crippen LogP contribution in [0.15, 0.2) is 0 Å². The van der Waals surface area contributed by atoms with Crippen LogP contribution >= 0.6 is 0 Å². The van der Waals surface area contributed by atoms with E-state index in [-0.39, 0.29) is 11.8 Å². The molecule has 1 heterocycles. The number of carbonyl (C=O) groups is 2. The molecule has 0 spiro atoms. The van der Waals surface area contributed by atoms with Crippen molar-refractivity contribution in [3.05, 3.63) is 0 Å². The third kappa shape index (κ3) is 6.00. The molecule has 1 aliphatic rings. The second-order valence-electron chi connectivity index (χ2n) is 4.79. The highest BCUT2D eigenvalue weighted by molar-refractivity contribution is 5.79. The average molecular weight is 255 g/mol. The molecule has 0 aromatic carbocycles. The van der Waals surface area contributed by atoms with Gasteiger partial charge in [0.15, 0.2) is 0 Å². The summed E-state index contributed by atoms with van der Waals surface area (Å²) in [5.74, 6) is 0.153. The van der Waals surface area contributed by atoms with Crippen molar-refractivity contribution in [2.24, 2.45) is 5.73 Å². The van der Waals surface area contributed by atoms with Crippen LogP contribution in [0.2, 0.25) is 0 Å². The lowest BCUT2D eigenvalue weighted by Gasteiger charge is -2.20. The van der Waals surface area contributed by atoms with E-state index in [9.17, 15) is 9.59 Å². The Kier molecular flexibility index (Phi) is 7.41. The summed E-state index contributed by atoms with van der Waals surface area (Å²) in [7, 11) is 0. The van der Waals surface area contributed by atoms with Gasteiger partial charge in [-0.3, -0.25) is 9.59 Å². The molecular weight excluding hydrogens is 230 g/mol. The number of hydrogen-bond donors (Lipinski definition) is 2. The van der Waals surface area contributed by atoms with Gasteiger partial charge >= 0.3 is 0 Å². The highest BCUT2D eigenvalue weighted by Gasteiger charge is 2.14. The molecule has 1 fully saturated rings. The Morgan fingerprint density at radius 3 is 2.33 bits per heavy atom. The quantitative estimate of drug-likeness (QED) is 0.731. The fourth-order valence-electron chi connectivity index (χ4n) is 2.14. The second kappa shape index (κ2) is 8.91. The third-order valence-corrected chi connectivity index (χ3v) is 3.23. The number of hydrogen-bond acceptors (Lipinski definition) is 3. The predicted octanol–water partition coefficient (Wildman–Crippen LogP) is 0.634. The summed E-state index contributed by atoms with van der Waals surface area (Å²) >= 11 is 0. The van der Waals surface area contributed by atoms with E-state index in [1.807, 2.05) is 4.90 Å². The van der Waals surface area contributed by atoms with Crippen LogP contribution in [0.5, 0.6) is 0 Å². The van der Waals surface area contributed by atoms with Gasteiger partial charge in [0.2, 0.25) is 11.8 Å². The number of carbonyl (C=O) groups excluding carboxylic acids is 2. The van der Waals surface area contributed by atoms with Crippen molar-refractivity contribution in [3.8, 4) is 0 Å². The molecule has 5 nitrogen and oxygen atoms in total. The molecule has 0 unspecified atom stereocenters. The van der Waals surface area contributed by atoms with Crippen molar-refractivity contribution in [2.45, 2.75) is 44.9 Å². The summed E-state index contributed by atoms with van der Waals surface area (Å²) in [5.41, 5.74) is 5.33. The summed E-state index contributed by atoms with van der Waals surface area (Å²) in [6.45, 7) is 2.72. The SMILES string of the molecule is NCCCC(=O)NCCC(=O)N1CCCCCC1. The van der Waals surface area contributed by atoms with Crippen molar-refractivity contribution in [1.82, 2.24) is 10.2 Å². The van der Waals surface area contributed by atoms with Crippen molar-refractivity contribution >= 4 is 11.8 Å². The molecular formula is C13H25N3O2. The molecule has 18 heavy (non-hydrogen) atoms. The molecule has 0 aliphatic carbocycles. The van der Waals surface area contributed by atoms with Gasteiger partial charge in [-0.15, -0.1) is 0 Å².